The van der Waals surface area contributed by atoms with E-state index in [1.54, 1.807) is 48.5 Å². The fraction of sp³-hybridized carbons (Fsp3) is 0.333. The first-order valence-corrected chi connectivity index (χ1v) is 10.2. The molecule has 0 heterocycles. The summed E-state index contributed by atoms with van der Waals surface area (Å²) >= 11 is 0. The molecule has 1 N–H and O–H groups in total. The third-order valence-corrected chi connectivity index (χ3v) is 4.51. The molecule has 0 aliphatic heterocycles. The lowest BCUT2D eigenvalue weighted by molar-refractivity contribution is -0.304. The van der Waals surface area contributed by atoms with Gasteiger partial charge in [-0.25, -0.2) is 0 Å². The number of hydrogen-bond acceptors (Lipinski definition) is 7. The van der Waals surface area contributed by atoms with Crippen LogP contribution in [0, 0.1) is 0 Å². The van der Waals surface area contributed by atoms with E-state index in [4.69, 9.17) is 14.6 Å². The van der Waals surface area contributed by atoms with E-state index in [1.165, 1.54) is 0 Å². The molecule has 0 saturated heterocycles. The molecule has 0 amide bonds. The first kappa shape index (κ1) is 24.6. The second-order valence-corrected chi connectivity index (χ2v) is 7.25. The molecule has 0 aromatic heterocycles. The summed E-state index contributed by atoms with van der Waals surface area (Å²) < 4.78 is 10.3. The Morgan fingerprint density at radius 1 is 0.625 bits per heavy atom. The average Bonchev–Trinajstić information content (AvgIpc) is 2.73. The molecule has 0 aliphatic carbocycles. The maximum absolute atomic E-state index is 11.9. The van der Waals surface area contributed by atoms with Crippen molar-refractivity contribution in [2.75, 3.05) is 13.2 Å². The van der Waals surface area contributed by atoms with Crippen molar-refractivity contribution in [1.29, 1.82) is 0 Å². The van der Waals surface area contributed by atoms with Crippen molar-refractivity contribution in [3.63, 3.8) is 0 Å². The molecule has 2 aromatic carbocycles. The van der Waals surface area contributed by atoms with Gasteiger partial charge in [-0.2, -0.15) is 0 Å². The van der Waals surface area contributed by atoms with E-state index in [1.807, 2.05) is 0 Å². The molecule has 170 valence electrons. The van der Waals surface area contributed by atoms with E-state index in [9.17, 15) is 24.3 Å². The second kappa shape index (κ2) is 12.9. The van der Waals surface area contributed by atoms with Crippen LogP contribution in [0.15, 0.2) is 48.5 Å². The highest BCUT2D eigenvalue weighted by Crippen LogP contribution is 2.08. The van der Waals surface area contributed by atoms with Crippen LogP contribution in [0.2, 0.25) is 0 Å². The summed E-state index contributed by atoms with van der Waals surface area (Å²) in [6.45, 7) is 0.428. The van der Waals surface area contributed by atoms with Gasteiger partial charge in [0.1, 0.15) is 0 Å². The average molecular weight is 441 g/mol. The Bertz CT molecular complexity index is 839. The number of rotatable bonds is 13. The van der Waals surface area contributed by atoms with Crippen LogP contribution in [-0.4, -0.2) is 42.2 Å². The van der Waals surface area contributed by atoms with E-state index >= 15 is 0 Å². The van der Waals surface area contributed by atoms with Gasteiger partial charge in [0.25, 0.3) is 0 Å². The first-order valence-electron chi connectivity index (χ1n) is 10.2. The minimum absolute atomic E-state index is 0.0632. The normalized spacial score (nSPS) is 10.4. The predicted octanol–water partition coefficient (Wildman–Crippen LogP) is 1.26. The Morgan fingerprint density at radius 2 is 0.969 bits per heavy atom. The minimum atomic E-state index is -1.16. The van der Waals surface area contributed by atoms with Crippen molar-refractivity contribution in [1.82, 2.24) is 0 Å². The summed E-state index contributed by atoms with van der Waals surface area (Å²) in [5.74, 6) is -2.84. The monoisotopic (exact) mass is 441 g/mol. The van der Waals surface area contributed by atoms with Crippen LogP contribution in [0.25, 0.3) is 0 Å². The number of ether oxygens (including phenoxy) is 2. The zero-order valence-corrected chi connectivity index (χ0v) is 17.6. The third kappa shape index (κ3) is 9.88. The lowest BCUT2D eigenvalue weighted by atomic mass is 10.1. The Labute approximate surface area is 185 Å². The Balaban J connectivity index is 1.56. The summed E-state index contributed by atoms with van der Waals surface area (Å²) in [5.41, 5.74) is 2.73. The molecule has 0 radical (unpaired) electrons. The van der Waals surface area contributed by atoms with Gasteiger partial charge in [0.15, 0.2) is 0 Å². The molecule has 8 nitrogen and oxygen atoms in total. The summed E-state index contributed by atoms with van der Waals surface area (Å²) in [5, 5.41) is 19.3. The van der Waals surface area contributed by atoms with E-state index in [0.717, 1.165) is 11.1 Å². The molecule has 2 aromatic rings. The van der Waals surface area contributed by atoms with E-state index in [-0.39, 0.29) is 50.8 Å². The molecule has 32 heavy (non-hydrogen) atoms. The number of carboxylic acids is 2. The molecule has 0 spiro atoms. The Hall–Kier alpha value is -3.68. The summed E-state index contributed by atoms with van der Waals surface area (Å²) in [7, 11) is 0. The molecule has 2 rings (SSSR count). The van der Waals surface area contributed by atoms with Crippen molar-refractivity contribution in [3.8, 4) is 0 Å². The third-order valence-electron chi connectivity index (χ3n) is 4.51. The zero-order valence-electron chi connectivity index (χ0n) is 17.6. The van der Waals surface area contributed by atoms with Crippen LogP contribution in [0.1, 0.15) is 35.1 Å². The van der Waals surface area contributed by atoms with Crippen molar-refractivity contribution >= 4 is 23.9 Å². The number of hydrogen-bond donors (Lipinski definition) is 1. The van der Waals surface area contributed by atoms with Gasteiger partial charge in [-0.1, -0.05) is 48.5 Å². The van der Waals surface area contributed by atoms with Crippen molar-refractivity contribution in [2.24, 2.45) is 0 Å². The number of aliphatic carboxylic acids is 2. The topological polar surface area (TPSA) is 130 Å². The predicted molar refractivity (Wildman–Crippen MR) is 111 cm³/mol. The minimum Gasteiger partial charge on any atom is -0.550 e. The highest BCUT2D eigenvalue weighted by Gasteiger charge is 2.08. The molecule has 0 bridgehead atoms. The van der Waals surface area contributed by atoms with Crippen LogP contribution in [0.4, 0.5) is 0 Å². The van der Waals surface area contributed by atoms with Crippen LogP contribution < -0.4 is 5.11 Å². The summed E-state index contributed by atoms with van der Waals surface area (Å²) in [4.78, 5) is 44.9. The number of carboxylic acid groups (broad SMARTS) is 2. The first-order chi connectivity index (χ1) is 15.3. The highest BCUT2D eigenvalue weighted by molar-refractivity contribution is 5.73. The molecule has 0 aliphatic rings. The van der Waals surface area contributed by atoms with Gasteiger partial charge < -0.3 is 24.5 Å². The van der Waals surface area contributed by atoms with Gasteiger partial charge in [0, 0.05) is 12.4 Å². The molecular formula is C24H25O8-. The number of carbonyl (C=O) groups is 4. The number of esters is 2. The Kier molecular flexibility index (Phi) is 9.90. The maximum Gasteiger partial charge on any atom is 0.310 e. The molecular weight excluding hydrogens is 416 g/mol. The summed E-state index contributed by atoms with van der Waals surface area (Å²) in [6, 6.07) is 13.4. The van der Waals surface area contributed by atoms with Crippen molar-refractivity contribution in [3.05, 3.63) is 70.8 Å². The van der Waals surface area contributed by atoms with Crippen molar-refractivity contribution < 1.29 is 38.9 Å². The molecule has 8 heteroatoms. The fourth-order valence-corrected chi connectivity index (χ4v) is 2.90. The van der Waals surface area contributed by atoms with E-state index in [2.05, 4.69) is 0 Å². The number of benzene rings is 2. The van der Waals surface area contributed by atoms with E-state index < -0.39 is 11.9 Å². The Morgan fingerprint density at radius 3 is 1.31 bits per heavy atom. The molecule has 0 unspecified atom stereocenters. The largest absolute Gasteiger partial charge is 0.550 e. The second-order valence-electron chi connectivity index (χ2n) is 7.25. The fourth-order valence-electron chi connectivity index (χ4n) is 2.90. The van der Waals surface area contributed by atoms with Gasteiger partial charge in [-0.05, 0) is 35.1 Å². The van der Waals surface area contributed by atoms with Crippen LogP contribution in [-0.2, 0) is 54.3 Å². The van der Waals surface area contributed by atoms with Crippen LogP contribution >= 0.6 is 0 Å². The van der Waals surface area contributed by atoms with Crippen LogP contribution in [0.5, 0.6) is 0 Å². The number of unbranched alkanes of at least 4 members (excludes halogenated alkanes) is 1. The molecule has 0 fully saturated rings. The zero-order chi connectivity index (χ0) is 23.3. The quantitative estimate of drug-likeness (QED) is 0.363. The van der Waals surface area contributed by atoms with Crippen LogP contribution in [0.3, 0.4) is 0 Å². The van der Waals surface area contributed by atoms with Gasteiger partial charge >= 0.3 is 17.9 Å². The SMILES string of the molecule is O=C([O-])Cc1ccc(CC(=O)OCCCCOC(=O)Cc2ccc(CC(=O)O)cc2)cc1. The lowest BCUT2D eigenvalue weighted by Crippen LogP contribution is -2.24. The van der Waals surface area contributed by atoms with Gasteiger partial charge in [-0.15, -0.1) is 0 Å². The molecule has 0 atom stereocenters. The van der Waals surface area contributed by atoms with Gasteiger partial charge in [0.2, 0.25) is 0 Å². The maximum atomic E-state index is 11.9. The smallest absolute Gasteiger partial charge is 0.310 e. The summed E-state index contributed by atoms with van der Waals surface area (Å²) in [6.07, 6.45) is 1.05. The highest BCUT2D eigenvalue weighted by atomic mass is 16.5. The standard InChI is InChI=1S/C24H26O8/c25-21(26)13-17-3-7-19(8-4-17)15-23(29)31-11-1-2-12-32-24(30)16-20-9-5-18(6-10-20)14-22(27)28/h3-10H,1-2,11-16H2,(H,25,26)(H,27,28)/p-1. The lowest BCUT2D eigenvalue weighted by Gasteiger charge is -2.07. The van der Waals surface area contributed by atoms with Gasteiger partial charge in [0.05, 0.1) is 32.5 Å². The van der Waals surface area contributed by atoms with Crippen molar-refractivity contribution in [2.45, 2.75) is 38.5 Å². The van der Waals surface area contributed by atoms with Gasteiger partial charge in [-0.3, -0.25) is 14.4 Å². The number of carbonyl (C=O) groups excluding carboxylic acids is 3. The van der Waals surface area contributed by atoms with E-state index in [0.29, 0.717) is 24.0 Å². The molecule has 0 saturated carbocycles.